The molecule has 2 aromatic rings. The summed E-state index contributed by atoms with van der Waals surface area (Å²) in [7, 11) is 0. The van der Waals surface area contributed by atoms with Crippen molar-refractivity contribution in [2.45, 2.75) is 63.8 Å². The fraction of sp³-hybridized carbons (Fsp3) is 0.500. The summed E-state index contributed by atoms with van der Waals surface area (Å²) in [6, 6.07) is 11.7. The van der Waals surface area contributed by atoms with Crippen LogP contribution < -0.4 is 10.6 Å². The predicted molar refractivity (Wildman–Crippen MR) is 127 cm³/mol. The highest BCUT2D eigenvalue weighted by atomic mass is 19.1. The lowest BCUT2D eigenvalue weighted by molar-refractivity contribution is -0.142. The molecular formula is C26H33FN2O5. The lowest BCUT2D eigenvalue weighted by Gasteiger charge is -2.42. The molecule has 1 aliphatic rings. The molecule has 1 unspecified atom stereocenters. The molecule has 7 nitrogen and oxygen atoms in total. The lowest BCUT2D eigenvalue weighted by atomic mass is 9.88. The van der Waals surface area contributed by atoms with E-state index in [1.807, 2.05) is 56.3 Å². The van der Waals surface area contributed by atoms with Gasteiger partial charge in [-0.3, -0.25) is 19.7 Å². The van der Waals surface area contributed by atoms with Crippen LogP contribution in [0.5, 0.6) is 0 Å². The first-order valence-corrected chi connectivity index (χ1v) is 11.8. The van der Waals surface area contributed by atoms with Crippen molar-refractivity contribution in [2.24, 2.45) is 5.92 Å². The Hall–Kier alpha value is -2.84. The largest absolute Gasteiger partial charge is 0.481 e. The number of carboxylic acid groups (broad SMARTS) is 1. The van der Waals surface area contributed by atoms with Gasteiger partial charge in [0.15, 0.2) is 5.78 Å². The second kappa shape index (κ2) is 11.5. The summed E-state index contributed by atoms with van der Waals surface area (Å²) in [4.78, 5) is 36.4. The van der Waals surface area contributed by atoms with E-state index in [0.29, 0.717) is 19.4 Å². The summed E-state index contributed by atoms with van der Waals surface area (Å²) in [5.74, 6) is -2.68. The Balaban J connectivity index is 1.96. The number of Topliss-reactive ketones (excluding diaryl/α,β-unsaturated/α-hetero) is 1. The molecule has 1 heterocycles. The predicted octanol–water partition coefficient (Wildman–Crippen LogP) is 3.70. The number of carbonyl (C=O) groups excluding carboxylic acids is 2. The van der Waals surface area contributed by atoms with Crippen LogP contribution in [0.15, 0.2) is 42.5 Å². The van der Waals surface area contributed by atoms with Gasteiger partial charge in [0.2, 0.25) is 5.91 Å². The monoisotopic (exact) mass is 472 g/mol. The molecule has 3 N–H and O–H groups in total. The summed E-state index contributed by atoms with van der Waals surface area (Å²) >= 11 is 0. The Bertz CT molecular complexity index is 1010. The standard InChI is InChI=1S/C26H33FN2O5/c1-17(2)14-22(25(33)28-21(15-24(31)32)23(30)16-27)29-26(12-5-6-13-34-26)20-11-7-9-18-8-3-4-10-19(18)20/h3-4,7-11,17,21-22,29H,5-6,12-16H2,1-2H3,(H,28,33)(H,31,32)/t21-,22-,26?/m0/s1. The van der Waals surface area contributed by atoms with Crippen molar-refractivity contribution in [1.29, 1.82) is 0 Å². The molecule has 2 aromatic carbocycles. The Morgan fingerprint density at radius 2 is 1.82 bits per heavy atom. The van der Waals surface area contributed by atoms with E-state index in [2.05, 4.69) is 10.6 Å². The first kappa shape index (κ1) is 25.8. The van der Waals surface area contributed by atoms with Gasteiger partial charge in [-0.2, -0.15) is 0 Å². The van der Waals surface area contributed by atoms with Crippen LogP contribution in [0.2, 0.25) is 0 Å². The number of benzene rings is 2. The van der Waals surface area contributed by atoms with Crippen LogP contribution in [0.3, 0.4) is 0 Å². The lowest BCUT2D eigenvalue weighted by Crippen LogP contribution is -2.58. The van der Waals surface area contributed by atoms with Crippen LogP contribution >= 0.6 is 0 Å². The number of hydrogen-bond donors (Lipinski definition) is 3. The van der Waals surface area contributed by atoms with Crippen molar-refractivity contribution >= 4 is 28.4 Å². The number of carboxylic acids is 1. The minimum absolute atomic E-state index is 0.117. The zero-order chi connectivity index (χ0) is 24.7. The molecule has 1 fully saturated rings. The maximum atomic E-state index is 13.3. The summed E-state index contributed by atoms with van der Waals surface area (Å²) in [6.45, 7) is 3.11. The van der Waals surface area contributed by atoms with Crippen molar-refractivity contribution in [3.63, 3.8) is 0 Å². The van der Waals surface area contributed by atoms with Gasteiger partial charge in [0.05, 0.1) is 12.5 Å². The highest BCUT2D eigenvalue weighted by Crippen LogP contribution is 2.37. The van der Waals surface area contributed by atoms with Crippen LogP contribution in [0.1, 0.15) is 51.5 Å². The molecule has 0 aliphatic carbocycles. The second-order valence-electron chi connectivity index (χ2n) is 9.24. The number of ketones is 1. The van der Waals surface area contributed by atoms with Gasteiger partial charge < -0.3 is 15.2 Å². The van der Waals surface area contributed by atoms with Crippen molar-refractivity contribution < 1.29 is 28.6 Å². The van der Waals surface area contributed by atoms with E-state index >= 15 is 0 Å². The Labute approximate surface area is 199 Å². The average molecular weight is 473 g/mol. The number of aliphatic carboxylic acids is 1. The van der Waals surface area contributed by atoms with E-state index in [1.54, 1.807) is 0 Å². The maximum Gasteiger partial charge on any atom is 0.305 e. The number of halogens is 1. The van der Waals surface area contributed by atoms with Crippen LogP contribution in [-0.4, -0.2) is 48.1 Å². The summed E-state index contributed by atoms with van der Waals surface area (Å²) < 4.78 is 19.4. The molecule has 3 atom stereocenters. The smallest absolute Gasteiger partial charge is 0.305 e. The molecule has 0 bridgehead atoms. The third-order valence-electron chi connectivity index (χ3n) is 6.14. The van der Waals surface area contributed by atoms with Gasteiger partial charge in [0, 0.05) is 12.2 Å². The van der Waals surface area contributed by atoms with Gasteiger partial charge in [-0.1, -0.05) is 56.3 Å². The Kier molecular flexibility index (Phi) is 8.74. The van der Waals surface area contributed by atoms with Gasteiger partial charge in [-0.15, -0.1) is 0 Å². The third-order valence-corrected chi connectivity index (χ3v) is 6.14. The fourth-order valence-electron chi connectivity index (χ4n) is 4.55. The topological polar surface area (TPSA) is 105 Å². The number of rotatable bonds is 11. The zero-order valence-electron chi connectivity index (χ0n) is 19.7. The molecule has 0 radical (unpaired) electrons. The van der Waals surface area contributed by atoms with Crippen molar-refractivity contribution in [3.05, 3.63) is 48.0 Å². The van der Waals surface area contributed by atoms with Crippen LogP contribution in [0, 0.1) is 5.92 Å². The molecule has 8 heteroatoms. The van der Waals surface area contributed by atoms with E-state index in [4.69, 9.17) is 9.84 Å². The quantitative estimate of drug-likeness (QED) is 0.461. The summed E-state index contributed by atoms with van der Waals surface area (Å²) in [5.41, 5.74) is -0.00338. The van der Waals surface area contributed by atoms with E-state index in [-0.39, 0.29) is 5.92 Å². The van der Waals surface area contributed by atoms with Crippen LogP contribution in [-0.2, 0) is 24.8 Å². The second-order valence-corrected chi connectivity index (χ2v) is 9.24. The van der Waals surface area contributed by atoms with Crippen molar-refractivity contribution in [2.75, 3.05) is 13.3 Å². The molecule has 1 amide bonds. The molecule has 0 saturated carbocycles. The SMILES string of the molecule is CC(C)C[C@H](NC1(c2cccc3ccccc23)CCCCO1)C(=O)N[C@@H](CC(=O)O)C(=O)CF. The van der Waals surface area contributed by atoms with Gasteiger partial charge in [-0.05, 0) is 42.4 Å². The minimum atomic E-state index is -1.42. The Morgan fingerprint density at radius 1 is 1.09 bits per heavy atom. The molecule has 3 rings (SSSR count). The zero-order valence-corrected chi connectivity index (χ0v) is 19.7. The van der Waals surface area contributed by atoms with E-state index in [9.17, 15) is 18.8 Å². The number of carbonyl (C=O) groups is 3. The average Bonchev–Trinajstić information content (AvgIpc) is 2.82. The number of fused-ring (bicyclic) bond motifs is 1. The molecule has 0 aromatic heterocycles. The summed E-state index contributed by atoms with van der Waals surface area (Å²) in [5, 5.41) is 17.1. The molecule has 34 heavy (non-hydrogen) atoms. The number of hydrogen-bond acceptors (Lipinski definition) is 5. The molecule has 1 saturated heterocycles. The van der Waals surface area contributed by atoms with Gasteiger partial charge in [0.1, 0.15) is 18.4 Å². The molecule has 184 valence electrons. The number of alkyl halides is 1. The van der Waals surface area contributed by atoms with Crippen LogP contribution in [0.25, 0.3) is 10.8 Å². The maximum absolute atomic E-state index is 13.3. The van der Waals surface area contributed by atoms with Crippen molar-refractivity contribution in [1.82, 2.24) is 10.6 Å². The first-order chi connectivity index (χ1) is 16.3. The molecular weight excluding hydrogens is 439 g/mol. The first-order valence-electron chi connectivity index (χ1n) is 11.8. The molecule has 1 aliphatic heterocycles. The van der Waals surface area contributed by atoms with E-state index < -0.39 is 48.6 Å². The minimum Gasteiger partial charge on any atom is -0.481 e. The summed E-state index contributed by atoms with van der Waals surface area (Å²) in [6.07, 6.45) is 2.19. The molecule has 0 spiro atoms. The van der Waals surface area contributed by atoms with Crippen LogP contribution in [0.4, 0.5) is 4.39 Å². The fourth-order valence-corrected chi connectivity index (χ4v) is 4.55. The van der Waals surface area contributed by atoms with Crippen molar-refractivity contribution in [3.8, 4) is 0 Å². The van der Waals surface area contributed by atoms with Gasteiger partial charge in [-0.25, -0.2) is 4.39 Å². The van der Waals surface area contributed by atoms with E-state index in [1.165, 1.54) is 0 Å². The van der Waals surface area contributed by atoms with Gasteiger partial charge >= 0.3 is 5.97 Å². The number of nitrogens with one attached hydrogen (secondary N) is 2. The normalized spacial score (nSPS) is 20.1. The Morgan fingerprint density at radius 3 is 2.47 bits per heavy atom. The number of amides is 1. The third kappa shape index (κ3) is 6.18. The van der Waals surface area contributed by atoms with Gasteiger partial charge in [0.25, 0.3) is 0 Å². The highest BCUT2D eigenvalue weighted by molar-refractivity contribution is 5.94. The van der Waals surface area contributed by atoms with E-state index in [0.717, 1.165) is 29.2 Å². The number of ether oxygens (including phenoxy) is 1. The highest BCUT2D eigenvalue weighted by Gasteiger charge is 2.40.